The summed E-state index contributed by atoms with van der Waals surface area (Å²) in [6, 6.07) is 4.59. The van der Waals surface area contributed by atoms with Gasteiger partial charge in [-0.3, -0.25) is 4.98 Å². The highest BCUT2D eigenvalue weighted by atomic mass is 79.9. The molecule has 0 aliphatic rings. The lowest BCUT2D eigenvalue weighted by Crippen LogP contribution is -1.96. The Kier molecular flexibility index (Phi) is 2.64. The minimum Gasteiger partial charge on any atom is -0.382 e. The van der Waals surface area contributed by atoms with E-state index in [1.807, 2.05) is 0 Å². The van der Waals surface area contributed by atoms with Crippen molar-refractivity contribution in [3.05, 3.63) is 40.9 Å². The van der Waals surface area contributed by atoms with Crippen molar-refractivity contribution in [1.82, 2.24) is 9.97 Å². The molecular formula is C10H7BrFN3. The summed E-state index contributed by atoms with van der Waals surface area (Å²) in [5.41, 5.74) is 6.94. The largest absolute Gasteiger partial charge is 0.382 e. The van der Waals surface area contributed by atoms with Crippen LogP contribution in [0.1, 0.15) is 0 Å². The monoisotopic (exact) mass is 267 g/mol. The number of hydrogen-bond acceptors (Lipinski definition) is 3. The van der Waals surface area contributed by atoms with E-state index in [-0.39, 0.29) is 5.82 Å². The molecular weight excluding hydrogens is 261 g/mol. The molecule has 3 nitrogen and oxygen atoms in total. The number of benzene rings is 1. The summed E-state index contributed by atoms with van der Waals surface area (Å²) in [5, 5.41) is 0. The molecule has 76 valence electrons. The zero-order valence-electron chi connectivity index (χ0n) is 7.61. The molecule has 5 heteroatoms. The molecule has 2 rings (SSSR count). The minimum absolute atomic E-state index is 0.318. The van der Waals surface area contributed by atoms with Gasteiger partial charge in [-0.05, 0) is 34.1 Å². The second kappa shape index (κ2) is 3.94. The van der Waals surface area contributed by atoms with Gasteiger partial charge in [0.25, 0.3) is 0 Å². The summed E-state index contributed by atoms with van der Waals surface area (Å²) < 4.78 is 13.4. The highest BCUT2D eigenvalue weighted by Crippen LogP contribution is 2.26. The first-order valence-electron chi connectivity index (χ1n) is 4.20. The average molecular weight is 268 g/mol. The van der Waals surface area contributed by atoms with Crippen molar-refractivity contribution < 1.29 is 4.39 Å². The summed E-state index contributed by atoms with van der Waals surface area (Å²) >= 11 is 3.10. The first-order chi connectivity index (χ1) is 7.18. The Morgan fingerprint density at radius 2 is 1.93 bits per heavy atom. The van der Waals surface area contributed by atoms with E-state index in [0.29, 0.717) is 16.0 Å². The number of halogens is 2. The summed E-state index contributed by atoms with van der Waals surface area (Å²) in [6.45, 7) is 0. The van der Waals surface area contributed by atoms with E-state index in [9.17, 15) is 4.39 Å². The van der Waals surface area contributed by atoms with Gasteiger partial charge in [-0.25, -0.2) is 9.37 Å². The molecule has 15 heavy (non-hydrogen) atoms. The van der Waals surface area contributed by atoms with Crippen LogP contribution in [0.15, 0.2) is 35.1 Å². The van der Waals surface area contributed by atoms with Crippen LogP contribution in [0.2, 0.25) is 0 Å². The summed E-state index contributed by atoms with van der Waals surface area (Å²) in [4.78, 5) is 8.00. The molecule has 0 unspecified atom stereocenters. The Morgan fingerprint density at radius 3 is 2.60 bits per heavy atom. The molecule has 2 aromatic rings. The van der Waals surface area contributed by atoms with E-state index < -0.39 is 0 Å². The summed E-state index contributed by atoms with van der Waals surface area (Å²) in [7, 11) is 0. The van der Waals surface area contributed by atoms with Crippen molar-refractivity contribution in [3.8, 4) is 11.3 Å². The van der Waals surface area contributed by atoms with Gasteiger partial charge < -0.3 is 5.73 Å². The number of nitrogens with two attached hydrogens (primary N) is 1. The number of nitrogen functional groups attached to an aromatic ring is 1. The molecule has 0 spiro atoms. The minimum atomic E-state index is -0.318. The zero-order chi connectivity index (χ0) is 10.8. The van der Waals surface area contributed by atoms with E-state index in [2.05, 4.69) is 25.9 Å². The first kappa shape index (κ1) is 10.0. The van der Waals surface area contributed by atoms with Crippen LogP contribution in [0.3, 0.4) is 0 Å². The third kappa shape index (κ3) is 1.97. The van der Waals surface area contributed by atoms with Crippen LogP contribution in [-0.4, -0.2) is 9.97 Å². The van der Waals surface area contributed by atoms with Crippen molar-refractivity contribution in [2.75, 3.05) is 5.73 Å². The molecule has 0 atom stereocenters. The van der Waals surface area contributed by atoms with Crippen molar-refractivity contribution in [2.45, 2.75) is 0 Å². The number of anilines is 1. The van der Waals surface area contributed by atoms with Gasteiger partial charge in [0.2, 0.25) is 0 Å². The molecule has 0 amide bonds. The van der Waals surface area contributed by atoms with Gasteiger partial charge in [0, 0.05) is 18.0 Å². The fraction of sp³-hybridized carbons (Fsp3) is 0. The lowest BCUT2D eigenvalue weighted by molar-refractivity contribution is 0.621. The lowest BCUT2D eigenvalue weighted by atomic mass is 10.1. The van der Waals surface area contributed by atoms with Crippen LogP contribution in [0.5, 0.6) is 0 Å². The molecule has 0 bridgehead atoms. The maximum absolute atomic E-state index is 13.0. The molecule has 1 aromatic heterocycles. The van der Waals surface area contributed by atoms with E-state index in [0.717, 1.165) is 5.56 Å². The van der Waals surface area contributed by atoms with Gasteiger partial charge in [0.15, 0.2) is 0 Å². The second-order valence-corrected chi connectivity index (χ2v) is 3.77. The van der Waals surface area contributed by atoms with Gasteiger partial charge in [-0.1, -0.05) is 0 Å². The molecule has 0 fully saturated rings. The third-order valence-corrected chi connectivity index (χ3v) is 2.53. The van der Waals surface area contributed by atoms with Crippen LogP contribution in [0.25, 0.3) is 11.3 Å². The van der Waals surface area contributed by atoms with E-state index >= 15 is 0 Å². The van der Waals surface area contributed by atoms with Gasteiger partial charge in [0.05, 0.1) is 4.47 Å². The molecule has 1 heterocycles. The third-order valence-electron chi connectivity index (χ3n) is 1.92. The van der Waals surface area contributed by atoms with E-state index in [4.69, 9.17) is 5.73 Å². The molecule has 0 radical (unpaired) electrons. The van der Waals surface area contributed by atoms with Crippen LogP contribution >= 0.6 is 15.9 Å². The van der Waals surface area contributed by atoms with Crippen molar-refractivity contribution >= 4 is 21.7 Å². The SMILES string of the molecule is Nc1nccnc1-c1ccc(F)c(Br)c1. The van der Waals surface area contributed by atoms with Crippen LogP contribution in [0, 0.1) is 5.82 Å². The highest BCUT2D eigenvalue weighted by molar-refractivity contribution is 9.10. The standard InChI is InChI=1S/C10H7BrFN3/c11-7-5-6(1-2-8(7)12)9-10(13)15-4-3-14-9/h1-5H,(H2,13,15). The second-order valence-electron chi connectivity index (χ2n) is 2.92. The Bertz CT molecular complexity index is 502. The molecule has 0 saturated heterocycles. The predicted octanol–water partition coefficient (Wildman–Crippen LogP) is 2.63. The summed E-state index contributed by atoms with van der Waals surface area (Å²) in [6.07, 6.45) is 3.06. The molecule has 0 saturated carbocycles. The fourth-order valence-corrected chi connectivity index (χ4v) is 1.59. The van der Waals surface area contributed by atoms with Crippen LogP contribution < -0.4 is 5.73 Å². The predicted molar refractivity (Wildman–Crippen MR) is 59.5 cm³/mol. The zero-order valence-corrected chi connectivity index (χ0v) is 9.20. The lowest BCUT2D eigenvalue weighted by Gasteiger charge is -2.03. The Balaban J connectivity index is 2.55. The number of nitrogens with zero attached hydrogens (tertiary/aromatic N) is 2. The van der Waals surface area contributed by atoms with Gasteiger partial charge in [0.1, 0.15) is 17.3 Å². The first-order valence-corrected chi connectivity index (χ1v) is 4.99. The highest BCUT2D eigenvalue weighted by Gasteiger charge is 2.07. The van der Waals surface area contributed by atoms with Crippen LogP contribution in [-0.2, 0) is 0 Å². The smallest absolute Gasteiger partial charge is 0.149 e. The number of rotatable bonds is 1. The Morgan fingerprint density at radius 1 is 1.20 bits per heavy atom. The fourth-order valence-electron chi connectivity index (χ4n) is 1.21. The van der Waals surface area contributed by atoms with Gasteiger partial charge >= 0.3 is 0 Å². The van der Waals surface area contributed by atoms with Crippen molar-refractivity contribution in [2.24, 2.45) is 0 Å². The van der Waals surface area contributed by atoms with E-state index in [1.165, 1.54) is 12.3 Å². The van der Waals surface area contributed by atoms with Crippen molar-refractivity contribution in [3.63, 3.8) is 0 Å². The maximum Gasteiger partial charge on any atom is 0.149 e. The molecule has 0 aliphatic heterocycles. The quantitative estimate of drug-likeness (QED) is 0.864. The number of aromatic nitrogens is 2. The van der Waals surface area contributed by atoms with Crippen molar-refractivity contribution in [1.29, 1.82) is 0 Å². The average Bonchev–Trinajstić information content (AvgIpc) is 2.23. The number of hydrogen-bond donors (Lipinski definition) is 1. The van der Waals surface area contributed by atoms with Gasteiger partial charge in [-0.2, -0.15) is 0 Å². The topological polar surface area (TPSA) is 51.8 Å². The molecule has 1 aromatic carbocycles. The van der Waals surface area contributed by atoms with E-state index in [1.54, 1.807) is 18.3 Å². The maximum atomic E-state index is 13.0. The summed E-state index contributed by atoms with van der Waals surface area (Å²) in [5.74, 6) is 0.0113. The normalized spacial score (nSPS) is 10.3. The van der Waals surface area contributed by atoms with Crippen LogP contribution in [0.4, 0.5) is 10.2 Å². The van der Waals surface area contributed by atoms with Gasteiger partial charge in [-0.15, -0.1) is 0 Å². The molecule has 0 aliphatic carbocycles. The Labute approximate surface area is 94.3 Å². The molecule has 2 N–H and O–H groups in total. The Hall–Kier alpha value is -1.49.